The van der Waals surface area contributed by atoms with Crippen LogP contribution in [-0.4, -0.2) is 56.8 Å². The lowest BCUT2D eigenvalue weighted by Gasteiger charge is -2.37. The zero-order valence-corrected chi connectivity index (χ0v) is 14.9. The summed E-state index contributed by atoms with van der Waals surface area (Å²) >= 11 is 0. The molecule has 0 aromatic carbocycles. The minimum atomic E-state index is -3.21. The molecule has 0 aliphatic carbocycles. The highest BCUT2D eigenvalue weighted by molar-refractivity contribution is 7.86. The molecule has 1 unspecified atom stereocenters. The summed E-state index contributed by atoms with van der Waals surface area (Å²) in [6, 6.07) is 0. The Morgan fingerprint density at radius 2 is 1.76 bits per heavy atom. The maximum absolute atomic E-state index is 12.6. The molecule has 126 valence electrons. The van der Waals surface area contributed by atoms with Crippen molar-refractivity contribution in [3.05, 3.63) is 0 Å². The normalized spacial score (nSPS) is 26.5. The number of hydrogen-bond acceptors (Lipinski definition) is 3. The summed E-state index contributed by atoms with van der Waals surface area (Å²) in [6.07, 6.45) is 5.32. The highest BCUT2D eigenvalue weighted by Crippen LogP contribution is 2.26. The van der Waals surface area contributed by atoms with Crippen molar-refractivity contribution in [3.8, 4) is 0 Å². The molecular formula is C14H30ClN3O2S. The lowest BCUT2D eigenvalue weighted by atomic mass is 9.95. The van der Waals surface area contributed by atoms with Crippen molar-refractivity contribution in [2.24, 2.45) is 11.8 Å². The Hall–Kier alpha value is 0.120. The summed E-state index contributed by atoms with van der Waals surface area (Å²) in [7, 11) is -1.24. The van der Waals surface area contributed by atoms with E-state index in [-0.39, 0.29) is 12.4 Å². The highest BCUT2D eigenvalue weighted by atomic mass is 35.5. The fourth-order valence-electron chi connectivity index (χ4n) is 3.30. The second-order valence-electron chi connectivity index (χ2n) is 6.35. The number of halogens is 1. The molecule has 1 N–H and O–H groups in total. The van der Waals surface area contributed by atoms with E-state index in [0.717, 1.165) is 38.6 Å². The van der Waals surface area contributed by atoms with Gasteiger partial charge in [0.1, 0.15) is 0 Å². The largest absolute Gasteiger partial charge is 0.320 e. The predicted molar refractivity (Wildman–Crippen MR) is 89.0 cm³/mol. The minimum Gasteiger partial charge on any atom is -0.320 e. The van der Waals surface area contributed by atoms with E-state index in [1.54, 1.807) is 8.61 Å². The molecule has 2 fully saturated rings. The molecule has 2 aliphatic heterocycles. The van der Waals surface area contributed by atoms with Crippen LogP contribution < -0.4 is 5.32 Å². The molecule has 0 radical (unpaired) electrons. The predicted octanol–water partition coefficient (Wildman–Crippen LogP) is 1.71. The molecule has 2 saturated heterocycles. The molecule has 2 rings (SSSR count). The average Bonchev–Trinajstić information content (AvgIpc) is 2.45. The Morgan fingerprint density at radius 1 is 1.10 bits per heavy atom. The maximum Gasteiger partial charge on any atom is 0.281 e. The molecule has 0 spiro atoms. The summed E-state index contributed by atoms with van der Waals surface area (Å²) in [5.74, 6) is 1.17. The van der Waals surface area contributed by atoms with E-state index >= 15 is 0 Å². The standard InChI is InChI=1S/C14H29N3O2S.ClH/c1-13-4-3-9-17(12-13)20(18,19)16-10-6-14(7-11-16)5-8-15-2;/h13-15H,3-12H2,1-2H3;1H. The zero-order chi connectivity index (χ0) is 14.6. The summed E-state index contributed by atoms with van der Waals surface area (Å²) in [5, 5.41) is 3.17. The van der Waals surface area contributed by atoms with Crippen LogP contribution in [0.2, 0.25) is 0 Å². The van der Waals surface area contributed by atoms with Crippen molar-refractivity contribution in [2.75, 3.05) is 39.8 Å². The molecule has 21 heavy (non-hydrogen) atoms. The van der Waals surface area contributed by atoms with Crippen molar-refractivity contribution in [2.45, 2.75) is 39.0 Å². The van der Waals surface area contributed by atoms with Gasteiger partial charge in [0.15, 0.2) is 0 Å². The van der Waals surface area contributed by atoms with Crippen LogP contribution in [0.3, 0.4) is 0 Å². The smallest absolute Gasteiger partial charge is 0.281 e. The Morgan fingerprint density at radius 3 is 2.33 bits per heavy atom. The third kappa shape index (κ3) is 5.06. The van der Waals surface area contributed by atoms with Gasteiger partial charge in [-0.25, -0.2) is 0 Å². The van der Waals surface area contributed by atoms with E-state index in [9.17, 15) is 8.42 Å². The van der Waals surface area contributed by atoms with Crippen LogP contribution in [0.25, 0.3) is 0 Å². The first-order valence-electron chi connectivity index (χ1n) is 7.94. The van der Waals surface area contributed by atoms with E-state index < -0.39 is 10.2 Å². The van der Waals surface area contributed by atoms with Crippen molar-refractivity contribution in [1.29, 1.82) is 0 Å². The molecule has 7 heteroatoms. The Kier molecular flexibility index (Phi) is 7.92. The second-order valence-corrected chi connectivity index (χ2v) is 8.28. The fourth-order valence-corrected chi connectivity index (χ4v) is 5.10. The van der Waals surface area contributed by atoms with E-state index in [2.05, 4.69) is 12.2 Å². The fraction of sp³-hybridized carbons (Fsp3) is 1.00. The van der Waals surface area contributed by atoms with Gasteiger partial charge < -0.3 is 5.32 Å². The van der Waals surface area contributed by atoms with Gasteiger partial charge in [-0.05, 0) is 57.5 Å². The molecule has 0 aromatic heterocycles. The maximum atomic E-state index is 12.6. The molecule has 1 atom stereocenters. The van der Waals surface area contributed by atoms with Crippen LogP contribution in [0.1, 0.15) is 39.0 Å². The number of piperidine rings is 2. The molecule has 5 nitrogen and oxygen atoms in total. The van der Waals surface area contributed by atoms with Crippen molar-refractivity contribution >= 4 is 22.6 Å². The molecule has 0 saturated carbocycles. The van der Waals surface area contributed by atoms with E-state index in [1.165, 1.54) is 0 Å². The van der Waals surface area contributed by atoms with E-state index in [0.29, 0.717) is 38.0 Å². The van der Waals surface area contributed by atoms with Crippen LogP contribution in [0.4, 0.5) is 0 Å². The summed E-state index contributed by atoms with van der Waals surface area (Å²) in [6.45, 7) is 5.96. The molecule has 2 heterocycles. The Bertz CT molecular complexity index is 397. The second kappa shape index (κ2) is 8.67. The summed E-state index contributed by atoms with van der Waals surface area (Å²) < 4.78 is 28.7. The Labute approximate surface area is 136 Å². The van der Waals surface area contributed by atoms with E-state index in [4.69, 9.17) is 0 Å². The van der Waals surface area contributed by atoms with Gasteiger partial charge in [0, 0.05) is 26.2 Å². The number of hydrogen-bond donors (Lipinski definition) is 1. The highest BCUT2D eigenvalue weighted by Gasteiger charge is 2.34. The first kappa shape index (κ1) is 19.2. The van der Waals surface area contributed by atoms with Crippen LogP contribution in [0.5, 0.6) is 0 Å². The average molecular weight is 340 g/mol. The van der Waals surface area contributed by atoms with Gasteiger partial charge in [0.2, 0.25) is 0 Å². The minimum absolute atomic E-state index is 0. The third-order valence-electron chi connectivity index (χ3n) is 4.65. The monoisotopic (exact) mass is 339 g/mol. The first-order valence-corrected chi connectivity index (χ1v) is 9.33. The Balaban J connectivity index is 0.00000220. The van der Waals surface area contributed by atoms with Crippen molar-refractivity contribution in [3.63, 3.8) is 0 Å². The van der Waals surface area contributed by atoms with Gasteiger partial charge >= 0.3 is 0 Å². The van der Waals surface area contributed by atoms with Crippen LogP contribution >= 0.6 is 12.4 Å². The SMILES string of the molecule is CNCCC1CCN(S(=O)(=O)N2CCCC(C)C2)CC1.Cl. The van der Waals surface area contributed by atoms with Gasteiger partial charge in [-0.1, -0.05) is 6.92 Å². The van der Waals surface area contributed by atoms with Gasteiger partial charge in [0.25, 0.3) is 10.2 Å². The first-order chi connectivity index (χ1) is 9.54. The van der Waals surface area contributed by atoms with Crippen LogP contribution in [0.15, 0.2) is 0 Å². The van der Waals surface area contributed by atoms with Gasteiger partial charge in [0.05, 0.1) is 0 Å². The number of nitrogens with zero attached hydrogens (tertiary/aromatic N) is 2. The lowest BCUT2D eigenvalue weighted by molar-refractivity contribution is 0.223. The summed E-state index contributed by atoms with van der Waals surface area (Å²) in [4.78, 5) is 0. The van der Waals surface area contributed by atoms with Crippen molar-refractivity contribution in [1.82, 2.24) is 13.9 Å². The molecule has 0 amide bonds. The van der Waals surface area contributed by atoms with Crippen LogP contribution in [-0.2, 0) is 10.2 Å². The van der Waals surface area contributed by atoms with E-state index in [1.807, 2.05) is 7.05 Å². The number of nitrogens with one attached hydrogen (secondary N) is 1. The molecular weight excluding hydrogens is 310 g/mol. The molecule has 2 aliphatic rings. The van der Waals surface area contributed by atoms with Gasteiger partial charge in [-0.3, -0.25) is 0 Å². The molecule has 0 aromatic rings. The third-order valence-corrected chi connectivity index (χ3v) is 6.65. The topological polar surface area (TPSA) is 52.7 Å². The molecule has 0 bridgehead atoms. The van der Waals surface area contributed by atoms with Gasteiger partial charge in [-0.2, -0.15) is 17.0 Å². The number of rotatable bonds is 5. The van der Waals surface area contributed by atoms with Gasteiger partial charge in [-0.15, -0.1) is 12.4 Å². The summed E-state index contributed by atoms with van der Waals surface area (Å²) in [5.41, 5.74) is 0. The quantitative estimate of drug-likeness (QED) is 0.829. The van der Waals surface area contributed by atoms with Crippen molar-refractivity contribution < 1.29 is 8.42 Å². The zero-order valence-electron chi connectivity index (χ0n) is 13.3. The lowest BCUT2D eigenvalue weighted by Crippen LogP contribution is -2.50. The van der Waals surface area contributed by atoms with Crippen LogP contribution in [0, 0.1) is 11.8 Å².